The van der Waals surface area contributed by atoms with Crippen LogP contribution in [0.2, 0.25) is 0 Å². The molecule has 0 aromatic carbocycles. The molecule has 3 aliphatic heterocycles. The second-order valence-corrected chi connectivity index (χ2v) is 17.3. The third kappa shape index (κ3) is 12.9. The van der Waals surface area contributed by atoms with Crippen molar-refractivity contribution >= 4 is 29.8 Å². The number of esters is 5. The second kappa shape index (κ2) is 22.2. The van der Waals surface area contributed by atoms with E-state index in [0.29, 0.717) is 11.1 Å². The van der Waals surface area contributed by atoms with Gasteiger partial charge >= 0.3 is 29.8 Å². The summed E-state index contributed by atoms with van der Waals surface area (Å²) in [6.07, 6.45) is -1.92. The summed E-state index contributed by atoms with van der Waals surface area (Å²) < 4.78 is 58.7. The van der Waals surface area contributed by atoms with Crippen molar-refractivity contribution in [2.45, 2.75) is 166 Å². The van der Waals surface area contributed by atoms with Gasteiger partial charge in [-0.3, -0.25) is 14.4 Å². The highest BCUT2D eigenvalue weighted by Crippen LogP contribution is 2.52. The fourth-order valence-electron chi connectivity index (χ4n) is 8.61. The maximum Gasteiger partial charge on any atom is 0.330 e. The molecule has 0 amide bonds. The Balaban J connectivity index is 2.11. The standard InChI is InChI=1S/C44H68O18/c1-25(45)35(49)22-32-18-29(19-38(51)54-9)40(59-27(3)47)44(57-12,62-32)41(4,5)14-13-31-15-28(17-37(50)53-8)16-34(60-31)24-43(56-11)42(6,7)36(58-26(2)46)23-33(61-43)20-30(48)21-39(52)55-10/h13-14,17,19,25,30-36,40,45,48-49H,15-16,18,20-24H2,1-12H3/b14-13+,28-17+,29-19+/t25-,30-,31+,32?,33-,34+,35-,36+,40+,43+,44-/m1/s1. The summed E-state index contributed by atoms with van der Waals surface area (Å²) in [5, 5.41) is 31.6. The van der Waals surface area contributed by atoms with Crippen LogP contribution in [-0.4, -0.2) is 147 Å². The maximum absolute atomic E-state index is 12.6. The van der Waals surface area contributed by atoms with Gasteiger partial charge in [0, 0.05) is 71.3 Å². The Morgan fingerprint density at radius 1 is 0.806 bits per heavy atom. The van der Waals surface area contributed by atoms with Gasteiger partial charge in [0.1, 0.15) is 6.10 Å². The second-order valence-electron chi connectivity index (χ2n) is 17.3. The molecule has 0 bridgehead atoms. The van der Waals surface area contributed by atoms with Crippen LogP contribution in [0.3, 0.4) is 0 Å². The fourth-order valence-corrected chi connectivity index (χ4v) is 8.61. The Labute approximate surface area is 364 Å². The van der Waals surface area contributed by atoms with E-state index in [1.807, 2.05) is 13.8 Å². The van der Waals surface area contributed by atoms with E-state index >= 15 is 0 Å². The number of carbonyl (C=O) groups is 5. The molecule has 18 heteroatoms. The molecular weight excluding hydrogens is 816 g/mol. The molecule has 0 spiro atoms. The average Bonchev–Trinajstić information content (AvgIpc) is 3.18. The molecule has 3 rings (SSSR count). The minimum atomic E-state index is -1.83. The smallest absolute Gasteiger partial charge is 0.330 e. The lowest BCUT2D eigenvalue weighted by Crippen LogP contribution is -2.63. The van der Waals surface area contributed by atoms with E-state index in [-0.39, 0.29) is 51.4 Å². The minimum absolute atomic E-state index is 0.000546. The monoisotopic (exact) mass is 884 g/mol. The van der Waals surface area contributed by atoms with Crippen molar-refractivity contribution in [3.63, 3.8) is 0 Å². The van der Waals surface area contributed by atoms with Crippen molar-refractivity contribution < 1.29 is 86.7 Å². The maximum atomic E-state index is 12.6. The Morgan fingerprint density at radius 2 is 1.44 bits per heavy atom. The highest BCUT2D eigenvalue weighted by Gasteiger charge is 2.61. The van der Waals surface area contributed by atoms with Gasteiger partial charge in [-0.1, -0.05) is 45.4 Å². The van der Waals surface area contributed by atoms with E-state index in [1.165, 1.54) is 68.5 Å². The first-order valence-electron chi connectivity index (χ1n) is 20.7. The lowest BCUT2D eigenvalue weighted by Gasteiger charge is -2.55. The van der Waals surface area contributed by atoms with Gasteiger partial charge in [0.05, 0.1) is 75.9 Å². The zero-order valence-electron chi connectivity index (χ0n) is 38.1. The van der Waals surface area contributed by atoms with Crippen molar-refractivity contribution in [1.82, 2.24) is 0 Å². The number of rotatable bonds is 18. The van der Waals surface area contributed by atoms with Gasteiger partial charge in [0.15, 0.2) is 11.9 Å². The van der Waals surface area contributed by atoms with Gasteiger partial charge in [-0.2, -0.15) is 0 Å². The predicted octanol–water partition coefficient (Wildman–Crippen LogP) is 3.30. The van der Waals surface area contributed by atoms with Gasteiger partial charge in [-0.25, -0.2) is 9.59 Å². The normalized spacial score (nSPS) is 31.8. The molecule has 0 aromatic heterocycles. The molecule has 3 aliphatic rings. The number of carbonyl (C=O) groups excluding carboxylic acids is 5. The van der Waals surface area contributed by atoms with Crippen LogP contribution in [0, 0.1) is 10.8 Å². The summed E-state index contributed by atoms with van der Waals surface area (Å²) in [6, 6.07) is 0. The Bertz CT molecular complexity index is 1670. The van der Waals surface area contributed by atoms with Crippen LogP contribution in [0.1, 0.15) is 99.8 Å². The molecule has 18 nitrogen and oxygen atoms in total. The average molecular weight is 885 g/mol. The van der Waals surface area contributed by atoms with E-state index in [9.17, 15) is 39.3 Å². The van der Waals surface area contributed by atoms with Crippen molar-refractivity contribution in [3.8, 4) is 0 Å². The number of ether oxygens (including phenoxy) is 10. The number of hydrogen-bond donors (Lipinski definition) is 3. The SMILES string of the molecule is COC(=O)/C=C1/C[C@@H](C[C@]2(OC)O[C@H](C[C@@H](O)CC(=O)OC)C[C@H](OC(C)=O)C2(C)C)O[C@@H](/C=C/C(C)(C)[C@]2(OC)OC(C[C@@H](O)[C@@H](C)O)C/C(=C\C(=O)OC)[C@@H]2OC(C)=O)C1. The largest absolute Gasteiger partial charge is 0.469 e. The molecule has 352 valence electrons. The Morgan fingerprint density at radius 3 is 1.98 bits per heavy atom. The third-order valence-electron chi connectivity index (χ3n) is 12.0. The zero-order valence-corrected chi connectivity index (χ0v) is 38.1. The van der Waals surface area contributed by atoms with Gasteiger partial charge in [-0.05, 0) is 31.8 Å². The van der Waals surface area contributed by atoms with E-state index in [1.54, 1.807) is 26.0 Å². The summed E-state index contributed by atoms with van der Waals surface area (Å²) in [7, 11) is 6.51. The third-order valence-corrected chi connectivity index (χ3v) is 12.0. The molecule has 3 fully saturated rings. The first-order valence-corrected chi connectivity index (χ1v) is 20.7. The van der Waals surface area contributed by atoms with Gasteiger partial charge in [-0.15, -0.1) is 0 Å². The number of methoxy groups -OCH3 is 5. The van der Waals surface area contributed by atoms with Crippen LogP contribution in [0.15, 0.2) is 35.5 Å². The summed E-state index contributed by atoms with van der Waals surface area (Å²) in [5.41, 5.74) is -1.25. The number of aliphatic hydroxyl groups is 3. The summed E-state index contributed by atoms with van der Waals surface area (Å²) >= 11 is 0. The highest BCUT2D eigenvalue weighted by atomic mass is 16.7. The number of hydrogen-bond acceptors (Lipinski definition) is 18. The number of aliphatic hydroxyl groups excluding tert-OH is 3. The topological polar surface area (TPSA) is 238 Å². The van der Waals surface area contributed by atoms with E-state index < -0.39 is 107 Å². The van der Waals surface area contributed by atoms with E-state index in [2.05, 4.69) is 0 Å². The van der Waals surface area contributed by atoms with Crippen molar-refractivity contribution in [2.75, 3.05) is 35.5 Å². The molecule has 3 N–H and O–H groups in total. The molecule has 1 unspecified atom stereocenters. The highest BCUT2D eigenvalue weighted by molar-refractivity contribution is 5.83. The Hall–Kier alpha value is -3.75. The molecule has 62 heavy (non-hydrogen) atoms. The lowest BCUT2D eigenvalue weighted by molar-refractivity contribution is -0.358. The first-order chi connectivity index (χ1) is 28.9. The lowest BCUT2D eigenvalue weighted by atomic mass is 9.70. The molecule has 3 saturated heterocycles. The van der Waals surface area contributed by atoms with Crippen LogP contribution < -0.4 is 0 Å². The van der Waals surface area contributed by atoms with E-state index in [0.717, 1.165) is 0 Å². The van der Waals surface area contributed by atoms with Crippen molar-refractivity contribution in [2.24, 2.45) is 10.8 Å². The molecule has 0 aliphatic carbocycles. The van der Waals surface area contributed by atoms with Crippen LogP contribution in [-0.2, 0) is 71.3 Å². The minimum Gasteiger partial charge on any atom is -0.469 e. The van der Waals surface area contributed by atoms with Crippen LogP contribution >= 0.6 is 0 Å². The van der Waals surface area contributed by atoms with Gasteiger partial charge in [0.2, 0.25) is 5.79 Å². The quantitative estimate of drug-likeness (QED) is 0.0775. The predicted molar refractivity (Wildman–Crippen MR) is 219 cm³/mol. The molecule has 0 saturated carbocycles. The molecule has 3 heterocycles. The van der Waals surface area contributed by atoms with Crippen LogP contribution in [0.25, 0.3) is 0 Å². The first kappa shape index (κ1) is 52.6. The van der Waals surface area contributed by atoms with Crippen molar-refractivity contribution in [3.05, 3.63) is 35.5 Å². The molecular formula is C44H68O18. The van der Waals surface area contributed by atoms with Crippen LogP contribution in [0.5, 0.6) is 0 Å². The molecule has 0 aromatic rings. The Kier molecular flexibility index (Phi) is 18.9. The van der Waals surface area contributed by atoms with Crippen molar-refractivity contribution in [1.29, 1.82) is 0 Å². The molecule has 11 atom stereocenters. The summed E-state index contributed by atoms with van der Waals surface area (Å²) in [6.45, 7) is 11.1. The fraction of sp³-hybridized carbons (Fsp3) is 0.750. The zero-order chi connectivity index (χ0) is 46.8. The van der Waals surface area contributed by atoms with Crippen LogP contribution in [0.4, 0.5) is 0 Å². The van der Waals surface area contributed by atoms with E-state index in [4.69, 9.17) is 47.4 Å². The summed E-state index contributed by atoms with van der Waals surface area (Å²) in [4.78, 5) is 62.3. The molecule has 0 radical (unpaired) electrons. The van der Waals surface area contributed by atoms with Gasteiger partial charge < -0.3 is 62.7 Å². The summed E-state index contributed by atoms with van der Waals surface area (Å²) in [5.74, 6) is -6.44. The van der Waals surface area contributed by atoms with Gasteiger partial charge in [0.25, 0.3) is 0 Å².